The van der Waals surface area contributed by atoms with Gasteiger partial charge in [-0.05, 0) is 49.6 Å². The third-order valence-electron chi connectivity index (χ3n) is 5.74. The molecule has 0 fully saturated rings. The monoisotopic (exact) mass is 356 g/mol. The molecule has 0 unspecified atom stereocenters. The molecule has 0 N–H and O–H groups in total. The van der Waals surface area contributed by atoms with E-state index in [-0.39, 0.29) is 22.1 Å². The van der Waals surface area contributed by atoms with Gasteiger partial charge in [0.1, 0.15) is 0 Å². The summed E-state index contributed by atoms with van der Waals surface area (Å²) in [7, 11) is -3.53. The van der Waals surface area contributed by atoms with Crippen LogP contribution in [0.4, 0.5) is 0 Å². The first-order chi connectivity index (χ1) is 10.0. The zero-order chi connectivity index (χ0) is 18.7. The largest absolute Gasteiger partial charge is 0.417 e. The van der Waals surface area contributed by atoms with Crippen LogP contribution in [0.3, 0.4) is 0 Å². The molecule has 0 saturated carbocycles. The predicted octanol–water partition coefficient (Wildman–Crippen LogP) is 6.06. The molecule has 0 aromatic rings. The zero-order valence-corrected chi connectivity index (χ0v) is 19.5. The van der Waals surface area contributed by atoms with Gasteiger partial charge in [0, 0.05) is 12.5 Å². The van der Waals surface area contributed by atoms with E-state index in [1.165, 1.54) is 0 Å². The van der Waals surface area contributed by atoms with Crippen molar-refractivity contribution in [1.82, 2.24) is 0 Å². The summed E-state index contributed by atoms with van der Waals surface area (Å²) in [5.41, 5.74) is 0. The van der Waals surface area contributed by atoms with Gasteiger partial charge in [0.05, 0.1) is 6.10 Å². The van der Waals surface area contributed by atoms with Crippen LogP contribution < -0.4 is 0 Å². The molecule has 0 aromatic heterocycles. The molecule has 0 radical (unpaired) electrons. The van der Waals surface area contributed by atoms with Crippen molar-refractivity contribution in [2.24, 2.45) is 5.92 Å². The lowest BCUT2D eigenvalue weighted by Gasteiger charge is -2.41. The SMILES string of the molecule is C#C[C@@H](C)[C@H](CCO[Si](C)(C)C(C)(C)C)O[Si](C)(C)C(C)(C)C. The van der Waals surface area contributed by atoms with Crippen LogP contribution in [-0.2, 0) is 8.85 Å². The third-order valence-corrected chi connectivity index (χ3v) is 14.8. The van der Waals surface area contributed by atoms with Crippen molar-refractivity contribution < 1.29 is 8.85 Å². The quantitative estimate of drug-likeness (QED) is 0.408. The number of hydrogen-bond acceptors (Lipinski definition) is 2. The minimum absolute atomic E-state index is 0.0886. The first-order valence-electron chi connectivity index (χ1n) is 8.83. The van der Waals surface area contributed by atoms with Crippen molar-refractivity contribution in [3.05, 3.63) is 0 Å². The van der Waals surface area contributed by atoms with Crippen molar-refractivity contribution in [2.45, 2.75) is 97.3 Å². The van der Waals surface area contributed by atoms with Gasteiger partial charge in [-0.1, -0.05) is 41.5 Å². The van der Waals surface area contributed by atoms with Gasteiger partial charge < -0.3 is 8.85 Å². The van der Waals surface area contributed by atoms with E-state index in [4.69, 9.17) is 15.3 Å². The van der Waals surface area contributed by atoms with E-state index < -0.39 is 16.6 Å². The Bertz CT molecular complexity index is 409. The Balaban J connectivity index is 4.89. The molecule has 0 aromatic carbocycles. The highest BCUT2D eigenvalue weighted by Gasteiger charge is 2.41. The van der Waals surface area contributed by atoms with Gasteiger partial charge in [0.2, 0.25) is 0 Å². The molecular weight excluding hydrogens is 316 g/mol. The Morgan fingerprint density at radius 1 is 0.913 bits per heavy atom. The summed E-state index contributed by atoms with van der Waals surface area (Å²) < 4.78 is 12.9. The van der Waals surface area contributed by atoms with Crippen molar-refractivity contribution in [2.75, 3.05) is 6.61 Å². The van der Waals surface area contributed by atoms with Gasteiger partial charge in [-0.2, -0.15) is 0 Å². The van der Waals surface area contributed by atoms with Gasteiger partial charge in [-0.25, -0.2) is 0 Å². The second kappa shape index (κ2) is 7.86. The van der Waals surface area contributed by atoms with Crippen LogP contribution >= 0.6 is 0 Å². The van der Waals surface area contributed by atoms with Crippen molar-refractivity contribution in [3.63, 3.8) is 0 Å². The Kier molecular flexibility index (Phi) is 7.83. The fourth-order valence-electron chi connectivity index (χ4n) is 1.72. The van der Waals surface area contributed by atoms with Gasteiger partial charge in [-0.15, -0.1) is 12.3 Å². The molecule has 0 aliphatic heterocycles. The highest BCUT2D eigenvalue weighted by Crippen LogP contribution is 2.39. The number of hydrogen-bond donors (Lipinski definition) is 0. The van der Waals surface area contributed by atoms with Crippen molar-refractivity contribution >= 4 is 16.6 Å². The molecule has 2 atom stereocenters. The molecular formula is C19H40O2Si2. The average Bonchev–Trinajstić information content (AvgIpc) is 2.33. The molecule has 0 spiro atoms. The Hall–Kier alpha value is -0.0862. The molecule has 4 heteroatoms. The summed E-state index contributed by atoms with van der Waals surface area (Å²) >= 11 is 0. The fraction of sp³-hybridized carbons (Fsp3) is 0.895. The maximum atomic E-state index is 6.59. The maximum absolute atomic E-state index is 6.59. The van der Waals surface area contributed by atoms with E-state index in [1.54, 1.807) is 0 Å². The summed E-state index contributed by atoms with van der Waals surface area (Å²) in [6.07, 6.45) is 6.65. The first-order valence-corrected chi connectivity index (χ1v) is 14.6. The summed E-state index contributed by atoms with van der Waals surface area (Å²) in [5, 5.41) is 0.431. The summed E-state index contributed by atoms with van der Waals surface area (Å²) in [5.74, 6) is 2.99. The molecule has 0 aliphatic rings. The lowest BCUT2D eigenvalue weighted by atomic mass is 10.0. The van der Waals surface area contributed by atoms with Crippen molar-refractivity contribution in [1.29, 1.82) is 0 Å². The summed E-state index contributed by atoms with van der Waals surface area (Å²) in [6.45, 7) is 25.6. The lowest BCUT2D eigenvalue weighted by molar-refractivity contribution is 0.116. The predicted molar refractivity (Wildman–Crippen MR) is 108 cm³/mol. The average molecular weight is 357 g/mol. The smallest absolute Gasteiger partial charge is 0.192 e. The van der Waals surface area contributed by atoms with Crippen LogP contribution in [0, 0.1) is 18.3 Å². The van der Waals surface area contributed by atoms with E-state index in [0.29, 0.717) is 0 Å². The minimum atomic E-state index is -1.82. The van der Waals surface area contributed by atoms with Gasteiger partial charge in [0.15, 0.2) is 16.6 Å². The Labute approximate surface area is 148 Å². The first kappa shape index (κ1) is 22.9. The van der Waals surface area contributed by atoms with Gasteiger partial charge >= 0.3 is 0 Å². The van der Waals surface area contributed by atoms with Crippen LogP contribution in [0.5, 0.6) is 0 Å². The van der Waals surface area contributed by atoms with Gasteiger partial charge in [-0.3, -0.25) is 0 Å². The second-order valence-electron chi connectivity index (χ2n) is 9.77. The molecule has 0 amide bonds. The summed E-state index contributed by atoms with van der Waals surface area (Å²) in [6, 6.07) is 0. The van der Waals surface area contributed by atoms with E-state index in [1.807, 2.05) is 0 Å². The molecule has 0 heterocycles. The Morgan fingerprint density at radius 3 is 1.70 bits per heavy atom. The minimum Gasteiger partial charge on any atom is -0.417 e. The molecule has 0 saturated heterocycles. The topological polar surface area (TPSA) is 18.5 Å². The number of terminal acetylenes is 1. The van der Waals surface area contributed by atoms with Crippen LogP contribution in [0.1, 0.15) is 54.9 Å². The number of rotatable bonds is 7. The van der Waals surface area contributed by atoms with E-state index in [9.17, 15) is 0 Å². The second-order valence-corrected chi connectivity index (χ2v) is 19.3. The van der Waals surface area contributed by atoms with E-state index in [2.05, 4.69) is 80.6 Å². The molecule has 136 valence electrons. The zero-order valence-electron chi connectivity index (χ0n) is 17.5. The molecule has 2 nitrogen and oxygen atoms in total. The van der Waals surface area contributed by atoms with Crippen LogP contribution in [0.15, 0.2) is 0 Å². The van der Waals surface area contributed by atoms with Crippen LogP contribution in [0.2, 0.25) is 36.3 Å². The molecule has 0 aliphatic carbocycles. The van der Waals surface area contributed by atoms with Crippen molar-refractivity contribution in [3.8, 4) is 12.3 Å². The highest BCUT2D eigenvalue weighted by atomic mass is 28.4. The van der Waals surface area contributed by atoms with E-state index in [0.717, 1.165) is 13.0 Å². The molecule has 0 bridgehead atoms. The maximum Gasteiger partial charge on any atom is 0.192 e. The third kappa shape index (κ3) is 6.74. The lowest BCUT2D eigenvalue weighted by Crippen LogP contribution is -2.46. The van der Waals surface area contributed by atoms with E-state index >= 15 is 0 Å². The molecule has 0 rings (SSSR count). The van der Waals surface area contributed by atoms with Crippen LogP contribution in [-0.4, -0.2) is 29.3 Å². The van der Waals surface area contributed by atoms with Crippen LogP contribution in [0.25, 0.3) is 0 Å². The Morgan fingerprint density at radius 2 is 1.35 bits per heavy atom. The fourth-order valence-corrected chi connectivity index (χ4v) is 4.21. The standard InChI is InChI=1S/C19H40O2Si2/c1-13-16(2)17(21-23(11,12)19(6,7)8)14-15-20-22(9,10)18(3,4)5/h1,16-17H,14-15H2,2-12H3/t16-,17+/m1/s1. The summed E-state index contributed by atoms with van der Waals surface area (Å²) in [4.78, 5) is 0. The normalized spacial score (nSPS) is 16.8. The highest BCUT2D eigenvalue weighted by molar-refractivity contribution is 6.74. The van der Waals surface area contributed by atoms with Gasteiger partial charge in [0.25, 0.3) is 0 Å². The molecule has 23 heavy (non-hydrogen) atoms.